The highest BCUT2D eigenvalue weighted by Gasteiger charge is 2.34. The fraction of sp³-hybridized carbons (Fsp3) is 0.105. The molecule has 0 bridgehead atoms. The van der Waals surface area contributed by atoms with Gasteiger partial charge in [0.2, 0.25) is 5.89 Å². The van der Waals surface area contributed by atoms with Gasteiger partial charge < -0.3 is 4.42 Å². The standard InChI is InChI=1S/C19H15N3O2/c23-19(15-9-5-2-6-10-15)22-17(14-7-3-1-4-8-14)13-16(21-22)18-20-11-12-24-18/h1-12,17H,13H2. The molecule has 24 heavy (non-hydrogen) atoms. The van der Waals surface area contributed by atoms with Crippen molar-refractivity contribution < 1.29 is 9.21 Å². The maximum atomic E-state index is 12.9. The van der Waals surface area contributed by atoms with Crippen LogP contribution in [-0.4, -0.2) is 21.6 Å². The van der Waals surface area contributed by atoms with E-state index in [0.717, 1.165) is 5.56 Å². The van der Waals surface area contributed by atoms with Crippen LogP contribution in [0.15, 0.2) is 82.6 Å². The van der Waals surface area contributed by atoms with E-state index in [0.29, 0.717) is 23.6 Å². The Balaban J connectivity index is 1.72. The van der Waals surface area contributed by atoms with E-state index in [4.69, 9.17) is 4.42 Å². The second-order valence-electron chi connectivity index (χ2n) is 5.53. The Morgan fingerprint density at radius 3 is 2.42 bits per heavy atom. The first-order chi connectivity index (χ1) is 11.8. The van der Waals surface area contributed by atoms with E-state index in [9.17, 15) is 4.79 Å². The monoisotopic (exact) mass is 317 g/mol. The molecule has 2 aromatic carbocycles. The quantitative estimate of drug-likeness (QED) is 0.740. The highest BCUT2D eigenvalue weighted by Crippen LogP contribution is 2.33. The zero-order valence-corrected chi connectivity index (χ0v) is 12.9. The van der Waals surface area contributed by atoms with E-state index in [1.807, 2.05) is 48.5 Å². The number of hydrazone groups is 1. The van der Waals surface area contributed by atoms with Crippen LogP contribution in [0.25, 0.3) is 0 Å². The van der Waals surface area contributed by atoms with E-state index in [2.05, 4.69) is 10.1 Å². The van der Waals surface area contributed by atoms with E-state index in [1.165, 1.54) is 11.3 Å². The van der Waals surface area contributed by atoms with E-state index >= 15 is 0 Å². The van der Waals surface area contributed by atoms with Crippen LogP contribution in [0.5, 0.6) is 0 Å². The Bertz CT molecular complexity index is 858. The molecule has 0 saturated carbocycles. The van der Waals surface area contributed by atoms with Crippen molar-refractivity contribution in [3.05, 3.63) is 90.1 Å². The van der Waals surface area contributed by atoms with Crippen molar-refractivity contribution in [1.29, 1.82) is 0 Å². The average Bonchev–Trinajstić information content (AvgIpc) is 3.32. The minimum absolute atomic E-state index is 0.133. The zero-order chi connectivity index (χ0) is 16.4. The fourth-order valence-corrected chi connectivity index (χ4v) is 2.84. The first-order valence-electron chi connectivity index (χ1n) is 7.74. The lowest BCUT2D eigenvalue weighted by Gasteiger charge is -2.22. The highest BCUT2D eigenvalue weighted by molar-refractivity contribution is 6.02. The number of benzene rings is 2. The molecule has 1 aromatic heterocycles. The molecule has 118 valence electrons. The van der Waals surface area contributed by atoms with Crippen molar-refractivity contribution in [2.45, 2.75) is 12.5 Å². The van der Waals surface area contributed by atoms with Gasteiger partial charge >= 0.3 is 0 Å². The number of oxazole rings is 1. The minimum atomic E-state index is -0.166. The summed E-state index contributed by atoms with van der Waals surface area (Å²) in [5, 5.41) is 6.04. The van der Waals surface area contributed by atoms with Gasteiger partial charge in [0.1, 0.15) is 12.0 Å². The highest BCUT2D eigenvalue weighted by atomic mass is 16.3. The summed E-state index contributed by atoms with van der Waals surface area (Å²) in [6.45, 7) is 0. The molecule has 2 heterocycles. The van der Waals surface area contributed by atoms with Gasteiger partial charge in [-0.15, -0.1) is 0 Å². The number of rotatable bonds is 3. The maximum Gasteiger partial charge on any atom is 0.274 e. The molecule has 1 amide bonds. The van der Waals surface area contributed by atoms with Gasteiger partial charge in [-0.2, -0.15) is 5.10 Å². The van der Waals surface area contributed by atoms with Gasteiger partial charge in [0.25, 0.3) is 5.91 Å². The second kappa shape index (κ2) is 6.12. The summed E-state index contributed by atoms with van der Waals surface area (Å²) < 4.78 is 5.36. The molecule has 1 atom stereocenters. The van der Waals surface area contributed by atoms with Crippen LogP contribution in [-0.2, 0) is 0 Å². The van der Waals surface area contributed by atoms with Crippen molar-refractivity contribution in [3.63, 3.8) is 0 Å². The largest absolute Gasteiger partial charge is 0.444 e. The van der Waals surface area contributed by atoms with Crippen molar-refractivity contribution >= 4 is 11.6 Å². The molecular weight excluding hydrogens is 302 g/mol. The van der Waals surface area contributed by atoms with Crippen LogP contribution < -0.4 is 0 Å². The lowest BCUT2D eigenvalue weighted by Crippen LogP contribution is -2.27. The van der Waals surface area contributed by atoms with Gasteiger partial charge in [0, 0.05) is 12.0 Å². The van der Waals surface area contributed by atoms with Gasteiger partial charge in [-0.3, -0.25) is 4.79 Å². The molecule has 0 saturated heterocycles. The lowest BCUT2D eigenvalue weighted by atomic mass is 10.0. The van der Waals surface area contributed by atoms with Crippen LogP contribution in [0.3, 0.4) is 0 Å². The van der Waals surface area contributed by atoms with Crippen molar-refractivity contribution in [3.8, 4) is 0 Å². The molecule has 1 unspecified atom stereocenters. The molecule has 5 heteroatoms. The van der Waals surface area contributed by atoms with Crippen LogP contribution in [0.1, 0.15) is 34.3 Å². The van der Waals surface area contributed by atoms with Crippen molar-refractivity contribution in [1.82, 2.24) is 9.99 Å². The van der Waals surface area contributed by atoms with Crippen molar-refractivity contribution in [2.24, 2.45) is 5.10 Å². The Kier molecular flexibility index (Phi) is 3.67. The summed E-state index contributed by atoms with van der Waals surface area (Å²) >= 11 is 0. The Hall–Kier alpha value is -3.21. The van der Waals surface area contributed by atoms with E-state index in [1.54, 1.807) is 18.3 Å². The summed E-state index contributed by atoms with van der Waals surface area (Å²) in [6.07, 6.45) is 3.66. The predicted octanol–water partition coefficient (Wildman–Crippen LogP) is 3.67. The summed E-state index contributed by atoms with van der Waals surface area (Å²) in [7, 11) is 0. The fourth-order valence-electron chi connectivity index (χ4n) is 2.84. The molecule has 0 spiro atoms. The van der Waals surface area contributed by atoms with E-state index in [-0.39, 0.29) is 11.9 Å². The first-order valence-corrected chi connectivity index (χ1v) is 7.74. The van der Waals surface area contributed by atoms with Crippen molar-refractivity contribution in [2.75, 3.05) is 0 Å². The van der Waals surface area contributed by atoms with Gasteiger partial charge in [-0.05, 0) is 17.7 Å². The lowest BCUT2D eigenvalue weighted by molar-refractivity contribution is 0.0711. The summed E-state index contributed by atoms with van der Waals surface area (Å²) in [5.41, 5.74) is 2.32. The SMILES string of the molecule is O=C(c1ccccc1)N1N=C(c2ncco2)CC1c1ccccc1. The Morgan fingerprint density at radius 2 is 1.75 bits per heavy atom. The number of hydrogen-bond acceptors (Lipinski definition) is 4. The van der Waals surface area contributed by atoms with Gasteiger partial charge in [0.05, 0.1) is 12.2 Å². The molecule has 0 radical (unpaired) electrons. The van der Waals surface area contributed by atoms with Gasteiger partial charge in [-0.1, -0.05) is 48.5 Å². The number of nitrogens with zero attached hydrogens (tertiary/aromatic N) is 3. The number of amides is 1. The molecule has 0 N–H and O–H groups in total. The summed E-state index contributed by atoms with van der Waals surface area (Å²) in [4.78, 5) is 17.1. The number of hydrogen-bond donors (Lipinski definition) is 0. The number of carbonyl (C=O) groups is 1. The number of carbonyl (C=O) groups excluding carboxylic acids is 1. The third-order valence-electron chi connectivity index (χ3n) is 4.00. The third kappa shape index (κ3) is 2.60. The molecule has 0 aliphatic carbocycles. The maximum absolute atomic E-state index is 12.9. The predicted molar refractivity (Wildman–Crippen MR) is 89.5 cm³/mol. The third-order valence-corrected chi connectivity index (χ3v) is 4.00. The van der Waals surface area contributed by atoms with Crippen LogP contribution in [0.2, 0.25) is 0 Å². The molecule has 1 aliphatic rings. The van der Waals surface area contributed by atoms with E-state index < -0.39 is 0 Å². The molecule has 4 rings (SSSR count). The first kappa shape index (κ1) is 14.4. The normalized spacial score (nSPS) is 16.9. The topological polar surface area (TPSA) is 58.7 Å². The van der Waals surface area contributed by atoms with Crippen LogP contribution in [0, 0.1) is 0 Å². The average molecular weight is 317 g/mol. The molecular formula is C19H15N3O2. The van der Waals surface area contributed by atoms with Crippen LogP contribution >= 0.6 is 0 Å². The minimum Gasteiger partial charge on any atom is -0.444 e. The second-order valence-corrected chi connectivity index (χ2v) is 5.53. The molecule has 5 nitrogen and oxygen atoms in total. The summed E-state index contributed by atoms with van der Waals surface area (Å²) in [5.74, 6) is 0.324. The van der Waals surface area contributed by atoms with Crippen LogP contribution in [0.4, 0.5) is 0 Å². The molecule has 1 aliphatic heterocycles. The van der Waals surface area contributed by atoms with Gasteiger partial charge in [0.15, 0.2) is 0 Å². The molecule has 0 fully saturated rings. The Morgan fingerprint density at radius 1 is 1.04 bits per heavy atom. The smallest absolute Gasteiger partial charge is 0.274 e. The summed E-state index contributed by atoms with van der Waals surface area (Å²) in [6, 6.07) is 18.9. The molecule has 3 aromatic rings. The van der Waals surface area contributed by atoms with Gasteiger partial charge in [-0.25, -0.2) is 9.99 Å². The Labute approximate surface area is 139 Å². The number of aromatic nitrogens is 1. The zero-order valence-electron chi connectivity index (χ0n) is 12.9.